The van der Waals surface area contributed by atoms with Gasteiger partial charge in [-0.1, -0.05) is 6.07 Å². The van der Waals surface area contributed by atoms with Crippen LogP contribution in [0, 0.1) is 6.92 Å². The first-order chi connectivity index (χ1) is 10.1. The second-order valence-electron chi connectivity index (χ2n) is 5.01. The second kappa shape index (κ2) is 5.35. The van der Waals surface area contributed by atoms with E-state index in [4.69, 9.17) is 0 Å². The molecular formula is C14H17N7. The lowest BCUT2D eigenvalue weighted by atomic mass is 10.3. The van der Waals surface area contributed by atoms with Crippen molar-refractivity contribution < 1.29 is 0 Å². The zero-order chi connectivity index (χ0) is 14.8. The standard InChI is InChI=1S/C14H17N7/c1-10-17-18-14-7-5-12(19-21(10)14)15-8-11-4-6-13(16-9-11)20(2)3/h4-7,9H,8H2,1-3H3,(H,15,19). The molecule has 0 aromatic carbocycles. The van der Waals surface area contributed by atoms with Crippen molar-refractivity contribution in [3.8, 4) is 0 Å². The summed E-state index contributed by atoms with van der Waals surface area (Å²) in [4.78, 5) is 6.36. The van der Waals surface area contributed by atoms with E-state index >= 15 is 0 Å². The molecule has 0 saturated heterocycles. The lowest BCUT2D eigenvalue weighted by Crippen LogP contribution is -2.11. The second-order valence-corrected chi connectivity index (χ2v) is 5.01. The molecule has 0 bridgehead atoms. The van der Waals surface area contributed by atoms with Gasteiger partial charge in [-0.25, -0.2) is 4.98 Å². The molecule has 108 valence electrons. The fraction of sp³-hybridized carbons (Fsp3) is 0.286. The third-order valence-electron chi connectivity index (χ3n) is 3.16. The number of rotatable bonds is 4. The summed E-state index contributed by atoms with van der Waals surface area (Å²) in [6, 6.07) is 7.84. The molecule has 3 aromatic rings. The predicted octanol–water partition coefficient (Wildman–Crippen LogP) is 1.51. The van der Waals surface area contributed by atoms with Crippen molar-refractivity contribution in [2.75, 3.05) is 24.3 Å². The summed E-state index contributed by atoms with van der Waals surface area (Å²) in [5.41, 5.74) is 1.85. The molecule has 0 radical (unpaired) electrons. The van der Waals surface area contributed by atoms with Crippen molar-refractivity contribution in [2.24, 2.45) is 0 Å². The molecule has 7 nitrogen and oxygen atoms in total. The third-order valence-corrected chi connectivity index (χ3v) is 3.16. The molecule has 0 aliphatic rings. The number of hydrogen-bond acceptors (Lipinski definition) is 6. The van der Waals surface area contributed by atoms with Crippen LogP contribution in [0.2, 0.25) is 0 Å². The number of hydrogen-bond donors (Lipinski definition) is 1. The van der Waals surface area contributed by atoms with Crippen LogP contribution in [0.5, 0.6) is 0 Å². The van der Waals surface area contributed by atoms with Gasteiger partial charge in [0.2, 0.25) is 0 Å². The van der Waals surface area contributed by atoms with Gasteiger partial charge in [-0.2, -0.15) is 4.52 Å². The lowest BCUT2D eigenvalue weighted by Gasteiger charge is -2.11. The molecule has 1 N–H and O–H groups in total. The molecule has 0 atom stereocenters. The number of pyridine rings is 1. The number of nitrogens with one attached hydrogen (secondary N) is 1. The van der Waals surface area contributed by atoms with Gasteiger partial charge >= 0.3 is 0 Å². The van der Waals surface area contributed by atoms with Crippen LogP contribution in [0.25, 0.3) is 5.65 Å². The number of aryl methyl sites for hydroxylation is 1. The number of nitrogens with zero attached hydrogens (tertiary/aromatic N) is 6. The monoisotopic (exact) mass is 283 g/mol. The van der Waals surface area contributed by atoms with Crippen molar-refractivity contribution in [1.82, 2.24) is 24.8 Å². The molecule has 0 amide bonds. The van der Waals surface area contributed by atoms with E-state index < -0.39 is 0 Å². The summed E-state index contributed by atoms with van der Waals surface area (Å²) >= 11 is 0. The van der Waals surface area contributed by atoms with Gasteiger partial charge in [-0.05, 0) is 30.7 Å². The van der Waals surface area contributed by atoms with Gasteiger partial charge in [0.1, 0.15) is 11.6 Å². The van der Waals surface area contributed by atoms with E-state index in [-0.39, 0.29) is 0 Å². The van der Waals surface area contributed by atoms with Gasteiger partial charge in [-0.3, -0.25) is 0 Å². The quantitative estimate of drug-likeness (QED) is 0.782. The van der Waals surface area contributed by atoms with E-state index in [0.29, 0.717) is 6.54 Å². The average molecular weight is 283 g/mol. The molecule has 3 aromatic heterocycles. The first kappa shape index (κ1) is 13.3. The zero-order valence-corrected chi connectivity index (χ0v) is 12.3. The lowest BCUT2D eigenvalue weighted by molar-refractivity contribution is 0.870. The smallest absolute Gasteiger partial charge is 0.178 e. The minimum atomic E-state index is 0.667. The van der Waals surface area contributed by atoms with Gasteiger partial charge in [-0.15, -0.1) is 15.3 Å². The van der Waals surface area contributed by atoms with Crippen molar-refractivity contribution in [3.63, 3.8) is 0 Å². The Kier molecular flexibility index (Phi) is 3.39. The fourth-order valence-electron chi connectivity index (χ4n) is 1.97. The molecule has 0 saturated carbocycles. The highest BCUT2D eigenvalue weighted by molar-refractivity contribution is 5.44. The van der Waals surface area contributed by atoms with Gasteiger partial charge in [0.15, 0.2) is 11.5 Å². The average Bonchev–Trinajstić information content (AvgIpc) is 2.87. The molecule has 3 rings (SSSR count). The summed E-state index contributed by atoms with van der Waals surface area (Å²) in [6.45, 7) is 2.54. The molecule has 0 unspecified atom stereocenters. The summed E-state index contributed by atoms with van der Waals surface area (Å²) in [5, 5.41) is 15.7. The third kappa shape index (κ3) is 2.76. The first-order valence-electron chi connectivity index (χ1n) is 6.69. The predicted molar refractivity (Wildman–Crippen MR) is 81.4 cm³/mol. The molecular weight excluding hydrogens is 266 g/mol. The van der Waals surface area contributed by atoms with Gasteiger partial charge < -0.3 is 10.2 Å². The van der Waals surface area contributed by atoms with Crippen LogP contribution in [0.1, 0.15) is 11.4 Å². The first-order valence-corrected chi connectivity index (χ1v) is 6.69. The topological polar surface area (TPSA) is 71.2 Å². The SMILES string of the molecule is Cc1nnc2ccc(NCc3ccc(N(C)C)nc3)nn12. The van der Waals surface area contributed by atoms with E-state index in [0.717, 1.165) is 28.7 Å². The van der Waals surface area contributed by atoms with Crippen LogP contribution >= 0.6 is 0 Å². The van der Waals surface area contributed by atoms with Crippen LogP contribution in [-0.2, 0) is 6.54 Å². The number of fused-ring (bicyclic) bond motifs is 1. The van der Waals surface area contributed by atoms with Crippen molar-refractivity contribution >= 4 is 17.3 Å². The highest BCUT2D eigenvalue weighted by Crippen LogP contribution is 2.11. The van der Waals surface area contributed by atoms with Crippen molar-refractivity contribution in [2.45, 2.75) is 13.5 Å². The van der Waals surface area contributed by atoms with Gasteiger partial charge in [0, 0.05) is 26.8 Å². The van der Waals surface area contributed by atoms with Gasteiger partial charge in [0.25, 0.3) is 0 Å². The van der Waals surface area contributed by atoms with Crippen LogP contribution in [0.3, 0.4) is 0 Å². The Hall–Kier alpha value is -2.70. The van der Waals surface area contributed by atoms with Crippen LogP contribution in [0.15, 0.2) is 30.5 Å². The molecule has 21 heavy (non-hydrogen) atoms. The normalized spacial score (nSPS) is 10.8. The maximum absolute atomic E-state index is 4.45. The Labute approximate surface area is 122 Å². The highest BCUT2D eigenvalue weighted by Gasteiger charge is 2.03. The molecule has 0 aliphatic heterocycles. The largest absolute Gasteiger partial charge is 0.364 e. The van der Waals surface area contributed by atoms with Crippen molar-refractivity contribution in [1.29, 1.82) is 0 Å². The highest BCUT2D eigenvalue weighted by atomic mass is 15.4. The summed E-state index contributed by atoms with van der Waals surface area (Å²) in [5.74, 6) is 2.49. The van der Waals surface area contributed by atoms with Crippen LogP contribution in [-0.4, -0.2) is 38.9 Å². The van der Waals surface area contributed by atoms with E-state index in [1.165, 1.54) is 0 Å². The minimum Gasteiger partial charge on any atom is -0.364 e. The van der Waals surface area contributed by atoms with E-state index in [9.17, 15) is 0 Å². The van der Waals surface area contributed by atoms with E-state index in [1.807, 2.05) is 50.3 Å². The fourth-order valence-corrected chi connectivity index (χ4v) is 1.97. The maximum atomic E-state index is 4.45. The molecule has 7 heteroatoms. The number of anilines is 2. The Morgan fingerprint density at radius 1 is 1.14 bits per heavy atom. The van der Waals surface area contributed by atoms with E-state index in [1.54, 1.807) is 4.52 Å². The summed E-state index contributed by atoms with van der Waals surface area (Å²) < 4.78 is 1.72. The minimum absolute atomic E-state index is 0.667. The number of aromatic nitrogens is 5. The van der Waals surface area contributed by atoms with Gasteiger partial charge in [0.05, 0.1) is 0 Å². The maximum Gasteiger partial charge on any atom is 0.178 e. The molecule has 0 aliphatic carbocycles. The Bertz CT molecular complexity index is 746. The van der Waals surface area contributed by atoms with E-state index in [2.05, 4.69) is 31.7 Å². The Morgan fingerprint density at radius 2 is 2.00 bits per heavy atom. The Balaban J connectivity index is 1.72. The zero-order valence-electron chi connectivity index (χ0n) is 12.3. The molecule has 0 spiro atoms. The van der Waals surface area contributed by atoms with Crippen molar-refractivity contribution in [3.05, 3.63) is 41.9 Å². The summed E-state index contributed by atoms with van der Waals surface area (Å²) in [6.07, 6.45) is 1.87. The van der Waals surface area contributed by atoms with Crippen LogP contribution < -0.4 is 10.2 Å². The molecule has 0 fully saturated rings. The summed E-state index contributed by atoms with van der Waals surface area (Å²) in [7, 11) is 3.95. The molecule has 3 heterocycles. The Morgan fingerprint density at radius 3 is 2.71 bits per heavy atom. The van der Waals surface area contributed by atoms with Crippen LogP contribution in [0.4, 0.5) is 11.6 Å².